The molecule has 6 heteroatoms. The summed E-state index contributed by atoms with van der Waals surface area (Å²) in [5.74, 6) is 6.06. The number of unbranched alkanes of at least 4 members (excludes halogenated alkanes) is 2. The lowest BCUT2D eigenvalue weighted by atomic mass is 10.2. The Bertz CT molecular complexity index is 497. The molecule has 1 aromatic carbocycles. The van der Waals surface area contributed by atoms with Gasteiger partial charge in [0.25, 0.3) is 0 Å². The lowest BCUT2D eigenvalue weighted by Crippen LogP contribution is -2.29. The zero-order valence-corrected chi connectivity index (χ0v) is 12.2. The van der Waals surface area contributed by atoms with Crippen molar-refractivity contribution in [3.63, 3.8) is 0 Å². The summed E-state index contributed by atoms with van der Waals surface area (Å²) in [6.45, 7) is 2.93. The number of amides is 1. The van der Waals surface area contributed by atoms with E-state index in [1.807, 2.05) is 6.92 Å². The molecule has 0 aromatic heterocycles. The van der Waals surface area contributed by atoms with E-state index in [1.54, 1.807) is 18.2 Å². The first-order valence-corrected chi connectivity index (χ1v) is 7.00. The average molecular weight is 291 g/mol. The van der Waals surface area contributed by atoms with Gasteiger partial charge in [0.15, 0.2) is 11.5 Å². The number of nitrogens with one attached hydrogen (secondary N) is 1. The standard InChI is InChI=1S/C15H21N3O3/c1-2-20-14-10-12(11-16)7-8-13(14)21-9-5-3-4-6-15(19)18-17/h7-8,10H,2-6,9,17H2,1H3,(H,18,19). The maximum atomic E-state index is 10.9. The summed E-state index contributed by atoms with van der Waals surface area (Å²) in [5.41, 5.74) is 2.64. The quantitative estimate of drug-likeness (QED) is 0.313. The lowest BCUT2D eigenvalue weighted by Gasteiger charge is -2.12. The van der Waals surface area contributed by atoms with Crippen molar-refractivity contribution in [3.8, 4) is 17.6 Å². The van der Waals surface area contributed by atoms with Crippen LogP contribution in [0.15, 0.2) is 18.2 Å². The van der Waals surface area contributed by atoms with Crippen LogP contribution in [0.2, 0.25) is 0 Å². The lowest BCUT2D eigenvalue weighted by molar-refractivity contribution is -0.121. The smallest absolute Gasteiger partial charge is 0.233 e. The molecule has 21 heavy (non-hydrogen) atoms. The molecule has 0 saturated carbocycles. The summed E-state index contributed by atoms with van der Waals surface area (Å²) in [7, 11) is 0. The van der Waals surface area contributed by atoms with Gasteiger partial charge in [-0.2, -0.15) is 5.26 Å². The number of rotatable bonds is 9. The minimum atomic E-state index is -0.151. The van der Waals surface area contributed by atoms with E-state index < -0.39 is 0 Å². The van der Waals surface area contributed by atoms with E-state index in [2.05, 4.69) is 11.5 Å². The van der Waals surface area contributed by atoms with E-state index in [-0.39, 0.29) is 5.91 Å². The molecule has 0 atom stereocenters. The Kier molecular flexibility index (Phi) is 7.69. The van der Waals surface area contributed by atoms with Crippen molar-refractivity contribution in [2.75, 3.05) is 13.2 Å². The van der Waals surface area contributed by atoms with Crippen LogP contribution in [0.25, 0.3) is 0 Å². The van der Waals surface area contributed by atoms with Gasteiger partial charge in [0.2, 0.25) is 5.91 Å². The molecule has 0 unspecified atom stereocenters. The Morgan fingerprint density at radius 2 is 2.10 bits per heavy atom. The first-order valence-electron chi connectivity index (χ1n) is 7.00. The van der Waals surface area contributed by atoms with Gasteiger partial charge < -0.3 is 9.47 Å². The maximum Gasteiger partial charge on any atom is 0.233 e. The molecule has 3 N–H and O–H groups in total. The number of ether oxygens (including phenoxy) is 2. The van der Waals surface area contributed by atoms with Gasteiger partial charge in [-0.25, -0.2) is 5.84 Å². The first-order chi connectivity index (χ1) is 10.2. The van der Waals surface area contributed by atoms with Gasteiger partial charge in [-0.3, -0.25) is 10.2 Å². The van der Waals surface area contributed by atoms with Crippen LogP contribution in [0, 0.1) is 11.3 Å². The first kappa shape index (κ1) is 16.8. The molecule has 0 saturated heterocycles. The minimum absolute atomic E-state index is 0.151. The van der Waals surface area contributed by atoms with E-state index in [0.29, 0.717) is 36.7 Å². The second kappa shape index (κ2) is 9.61. The number of hydrogen-bond acceptors (Lipinski definition) is 5. The normalized spacial score (nSPS) is 9.76. The Hall–Kier alpha value is -2.26. The zero-order valence-electron chi connectivity index (χ0n) is 12.2. The second-order valence-electron chi connectivity index (χ2n) is 4.43. The molecule has 1 rings (SSSR count). The van der Waals surface area contributed by atoms with Crippen LogP contribution in [-0.2, 0) is 4.79 Å². The number of carbonyl (C=O) groups excluding carboxylic acids is 1. The number of hydrazine groups is 1. The van der Waals surface area contributed by atoms with Crippen LogP contribution in [0.5, 0.6) is 11.5 Å². The van der Waals surface area contributed by atoms with Crippen molar-refractivity contribution >= 4 is 5.91 Å². The molecule has 0 aliphatic heterocycles. The highest BCUT2D eigenvalue weighted by atomic mass is 16.5. The van der Waals surface area contributed by atoms with Gasteiger partial charge in [0.1, 0.15) is 0 Å². The number of nitrogens with two attached hydrogens (primary N) is 1. The van der Waals surface area contributed by atoms with E-state index in [1.165, 1.54) is 0 Å². The second-order valence-corrected chi connectivity index (χ2v) is 4.43. The third-order valence-corrected chi connectivity index (χ3v) is 2.84. The predicted molar refractivity (Wildman–Crippen MR) is 78.6 cm³/mol. The highest BCUT2D eigenvalue weighted by Crippen LogP contribution is 2.28. The Morgan fingerprint density at radius 3 is 2.76 bits per heavy atom. The van der Waals surface area contributed by atoms with Crippen molar-refractivity contribution in [2.45, 2.75) is 32.6 Å². The van der Waals surface area contributed by atoms with Gasteiger partial charge in [-0.15, -0.1) is 0 Å². The number of carbonyl (C=O) groups is 1. The van der Waals surface area contributed by atoms with Crippen LogP contribution in [-0.4, -0.2) is 19.1 Å². The van der Waals surface area contributed by atoms with Gasteiger partial charge in [-0.1, -0.05) is 0 Å². The van der Waals surface area contributed by atoms with Crippen LogP contribution in [0.4, 0.5) is 0 Å². The fourth-order valence-corrected chi connectivity index (χ4v) is 1.78. The largest absolute Gasteiger partial charge is 0.490 e. The minimum Gasteiger partial charge on any atom is -0.490 e. The van der Waals surface area contributed by atoms with Crippen LogP contribution >= 0.6 is 0 Å². The number of hydrogen-bond donors (Lipinski definition) is 2. The van der Waals surface area contributed by atoms with Crippen molar-refractivity contribution in [1.82, 2.24) is 5.43 Å². The van der Waals surface area contributed by atoms with E-state index in [9.17, 15) is 4.79 Å². The Morgan fingerprint density at radius 1 is 1.29 bits per heavy atom. The molecule has 0 heterocycles. The summed E-state index contributed by atoms with van der Waals surface area (Å²) in [5, 5.41) is 8.87. The van der Waals surface area contributed by atoms with Crippen LogP contribution in [0.3, 0.4) is 0 Å². The highest BCUT2D eigenvalue weighted by molar-refractivity contribution is 5.75. The number of nitriles is 1. The number of nitrogens with zero attached hydrogens (tertiary/aromatic N) is 1. The van der Waals surface area contributed by atoms with Crippen molar-refractivity contribution in [3.05, 3.63) is 23.8 Å². The highest BCUT2D eigenvalue weighted by Gasteiger charge is 2.06. The fraction of sp³-hybridized carbons (Fsp3) is 0.467. The van der Waals surface area contributed by atoms with Crippen LogP contribution < -0.4 is 20.7 Å². The molecule has 114 valence electrons. The van der Waals surface area contributed by atoms with E-state index in [4.69, 9.17) is 20.6 Å². The van der Waals surface area contributed by atoms with Crippen molar-refractivity contribution in [1.29, 1.82) is 5.26 Å². The molecule has 0 spiro atoms. The summed E-state index contributed by atoms with van der Waals surface area (Å²) in [4.78, 5) is 10.9. The summed E-state index contributed by atoms with van der Waals surface area (Å²) < 4.78 is 11.1. The third kappa shape index (κ3) is 6.15. The molecule has 6 nitrogen and oxygen atoms in total. The predicted octanol–water partition coefficient (Wildman–Crippen LogP) is 1.89. The molecule has 0 bridgehead atoms. The maximum absolute atomic E-state index is 10.9. The SMILES string of the molecule is CCOc1cc(C#N)ccc1OCCCCCC(=O)NN. The van der Waals surface area contributed by atoms with E-state index in [0.717, 1.165) is 19.3 Å². The van der Waals surface area contributed by atoms with Gasteiger partial charge in [-0.05, 0) is 38.3 Å². The molecule has 1 aromatic rings. The number of benzene rings is 1. The fourth-order valence-electron chi connectivity index (χ4n) is 1.78. The zero-order chi connectivity index (χ0) is 15.5. The average Bonchev–Trinajstić information content (AvgIpc) is 2.51. The molecule has 1 amide bonds. The van der Waals surface area contributed by atoms with Gasteiger partial charge in [0, 0.05) is 12.5 Å². The Balaban J connectivity index is 2.37. The summed E-state index contributed by atoms with van der Waals surface area (Å²) >= 11 is 0. The summed E-state index contributed by atoms with van der Waals surface area (Å²) in [6.07, 6.45) is 2.92. The van der Waals surface area contributed by atoms with Crippen molar-refractivity contribution < 1.29 is 14.3 Å². The van der Waals surface area contributed by atoms with Crippen LogP contribution in [0.1, 0.15) is 38.2 Å². The molecular weight excluding hydrogens is 270 g/mol. The van der Waals surface area contributed by atoms with E-state index >= 15 is 0 Å². The monoisotopic (exact) mass is 291 g/mol. The molecule has 0 aliphatic rings. The van der Waals surface area contributed by atoms with Gasteiger partial charge >= 0.3 is 0 Å². The Labute approximate surface area is 124 Å². The van der Waals surface area contributed by atoms with Gasteiger partial charge in [0.05, 0.1) is 24.8 Å². The third-order valence-electron chi connectivity index (χ3n) is 2.84. The molecular formula is C15H21N3O3. The molecule has 0 fully saturated rings. The van der Waals surface area contributed by atoms with Crippen molar-refractivity contribution in [2.24, 2.45) is 5.84 Å². The topological polar surface area (TPSA) is 97.4 Å². The summed E-state index contributed by atoms with van der Waals surface area (Å²) in [6, 6.07) is 7.18. The molecule has 0 radical (unpaired) electrons. The molecule has 0 aliphatic carbocycles.